The molecule has 0 radical (unpaired) electrons. The van der Waals surface area contributed by atoms with Gasteiger partial charge in [0.1, 0.15) is 0 Å². The van der Waals surface area contributed by atoms with Crippen LogP contribution in [0.25, 0.3) is 0 Å². The molecule has 0 aromatic heterocycles. The Labute approximate surface area is 108 Å². The molecule has 1 aromatic carbocycles. The predicted octanol–water partition coefficient (Wildman–Crippen LogP) is 2.28. The average molecular weight is 268 g/mol. The summed E-state index contributed by atoms with van der Waals surface area (Å²) < 4.78 is 0. The standard InChI is InChI=1S/C11H10ClN3OS/c1-7-10(16)14-11(17-7)15-13-6-8-2-4-9(12)5-3-8/h2-7H,1H3,(H,14,15,16)/b13-6-/t7-/m0/s1. The highest BCUT2D eigenvalue weighted by molar-refractivity contribution is 8.15. The number of benzene rings is 1. The molecule has 1 N–H and O–H groups in total. The van der Waals surface area contributed by atoms with Gasteiger partial charge in [0.2, 0.25) is 5.91 Å². The molecule has 1 saturated heterocycles. The summed E-state index contributed by atoms with van der Waals surface area (Å²) in [6.07, 6.45) is 1.61. The topological polar surface area (TPSA) is 53.8 Å². The van der Waals surface area contributed by atoms with Crippen LogP contribution in [0.5, 0.6) is 0 Å². The van der Waals surface area contributed by atoms with E-state index >= 15 is 0 Å². The molecule has 17 heavy (non-hydrogen) atoms. The zero-order valence-electron chi connectivity index (χ0n) is 9.05. The van der Waals surface area contributed by atoms with Crippen molar-refractivity contribution in [2.45, 2.75) is 12.2 Å². The van der Waals surface area contributed by atoms with Gasteiger partial charge in [-0.05, 0) is 24.6 Å². The second kappa shape index (κ2) is 5.33. The lowest BCUT2D eigenvalue weighted by Crippen LogP contribution is -2.23. The number of nitrogens with zero attached hydrogens (tertiary/aromatic N) is 2. The second-order valence-corrected chi connectivity index (χ2v) is 5.22. The fraction of sp³-hybridized carbons (Fsp3) is 0.182. The Morgan fingerprint density at radius 2 is 2.12 bits per heavy atom. The Kier molecular flexibility index (Phi) is 3.81. The van der Waals surface area contributed by atoms with Crippen LogP contribution in [0.4, 0.5) is 0 Å². The smallest absolute Gasteiger partial charge is 0.239 e. The summed E-state index contributed by atoms with van der Waals surface area (Å²) in [5, 5.41) is 11.6. The molecule has 1 aromatic rings. The molecule has 0 aliphatic carbocycles. The molecule has 6 heteroatoms. The van der Waals surface area contributed by atoms with E-state index < -0.39 is 0 Å². The van der Waals surface area contributed by atoms with Crippen LogP contribution in [0, 0.1) is 0 Å². The summed E-state index contributed by atoms with van der Waals surface area (Å²) in [5.41, 5.74) is 0.904. The lowest BCUT2D eigenvalue weighted by atomic mass is 10.2. The van der Waals surface area contributed by atoms with Crippen LogP contribution in [0.1, 0.15) is 12.5 Å². The van der Waals surface area contributed by atoms with Crippen molar-refractivity contribution in [3.63, 3.8) is 0 Å². The van der Waals surface area contributed by atoms with Gasteiger partial charge in [-0.25, -0.2) is 0 Å². The predicted molar refractivity (Wildman–Crippen MR) is 71.7 cm³/mol. The third-order valence-corrected chi connectivity index (χ3v) is 3.34. The van der Waals surface area contributed by atoms with Crippen molar-refractivity contribution in [2.24, 2.45) is 10.2 Å². The fourth-order valence-electron chi connectivity index (χ4n) is 1.20. The van der Waals surface area contributed by atoms with Crippen molar-refractivity contribution >= 4 is 40.7 Å². The molecule has 88 valence electrons. The van der Waals surface area contributed by atoms with Gasteiger partial charge in [0.15, 0.2) is 5.17 Å². The number of hydrogen-bond acceptors (Lipinski definition) is 4. The highest BCUT2D eigenvalue weighted by Gasteiger charge is 2.25. The summed E-state index contributed by atoms with van der Waals surface area (Å²) >= 11 is 7.12. The quantitative estimate of drug-likeness (QED) is 0.660. The number of amidine groups is 1. The van der Waals surface area contributed by atoms with E-state index in [-0.39, 0.29) is 11.2 Å². The lowest BCUT2D eigenvalue weighted by Gasteiger charge is -1.92. The molecule has 1 aliphatic rings. The first-order valence-corrected chi connectivity index (χ1v) is 6.25. The van der Waals surface area contributed by atoms with Crippen LogP contribution >= 0.6 is 23.4 Å². The maximum atomic E-state index is 11.2. The molecule has 2 rings (SSSR count). The number of carbonyl (C=O) groups excluding carboxylic acids is 1. The highest BCUT2D eigenvalue weighted by atomic mass is 35.5. The zero-order valence-corrected chi connectivity index (χ0v) is 10.6. The minimum atomic E-state index is -0.0977. The van der Waals surface area contributed by atoms with Crippen LogP contribution in [-0.2, 0) is 4.79 Å². The monoisotopic (exact) mass is 267 g/mol. The van der Waals surface area contributed by atoms with Crippen molar-refractivity contribution in [3.05, 3.63) is 34.9 Å². The third kappa shape index (κ3) is 3.31. The fourth-order valence-corrected chi connectivity index (χ4v) is 2.08. The Bertz CT molecular complexity index is 484. The van der Waals surface area contributed by atoms with Gasteiger partial charge in [0, 0.05) is 5.02 Å². The van der Waals surface area contributed by atoms with E-state index in [1.165, 1.54) is 11.8 Å². The van der Waals surface area contributed by atoms with Crippen LogP contribution in [0.2, 0.25) is 5.02 Å². The van der Waals surface area contributed by atoms with E-state index in [4.69, 9.17) is 11.6 Å². The molecule has 4 nitrogen and oxygen atoms in total. The van der Waals surface area contributed by atoms with Gasteiger partial charge in [-0.15, -0.1) is 5.10 Å². The number of halogens is 1. The van der Waals surface area contributed by atoms with Crippen LogP contribution in [0.15, 0.2) is 34.5 Å². The SMILES string of the molecule is C[C@@H]1S/C(=N\N=C/c2ccc(Cl)cc2)NC1=O. The number of hydrogen-bond donors (Lipinski definition) is 1. The molecule has 1 heterocycles. The molecule has 0 saturated carbocycles. The molecule has 1 aliphatic heterocycles. The molecule has 1 amide bonds. The summed E-state index contributed by atoms with van der Waals surface area (Å²) in [5.74, 6) is -0.0320. The van der Waals surface area contributed by atoms with Crippen LogP contribution < -0.4 is 5.32 Å². The van der Waals surface area contributed by atoms with E-state index in [9.17, 15) is 4.79 Å². The number of thioether (sulfide) groups is 1. The Morgan fingerprint density at radius 3 is 2.71 bits per heavy atom. The zero-order chi connectivity index (χ0) is 12.3. The first-order chi connectivity index (χ1) is 8.15. The van der Waals surface area contributed by atoms with Gasteiger partial charge in [-0.3, -0.25) is 4.79 Å². The molecular formula is C11H10ClN3OS. The normalized spacial score (nSPS) is 22.4. The maximum Gasteiger partial charge on any atom is 0.239 e. The molecule has 0 unspecified atom stereocenters. The summed E-state index contributed by atoms with van der Waals surface area (Å²) in [6, 6.07) is 7.25. The molecule has 1 fully saturated rings. The summed E-state index contributed by atoms with van der Waals surface area (Å²) in [4.78, 5) is 11.2. The van der Waals surface area contributed by atoms with Gasteiger partial charge in [0.05, 0.1) is 11.5 Å². The number of rotatable bonds is 2. The van der Waals surface area contributed by atoms with E-state index in [1.54, 1.807) is 18.3 Å². The minimum Gasteiger partial charge on any atom is -0.303 e. The Hall–Kier alpha value is -1.33. The summed E-state index contributed by atoms with van der Waals surface area (Å²) in [7, 11) is 0. The molecule has 1 atom stereocenters. The van der Waals surface area contributed by atoms with E-state index in [0.29, 0.717) is 10.2 Å². The number of nitrogens with one attached hydrogen (secondary N) is 1. The van der Waals surface area contributed by atoms with Gasteiger partial charge in [-0.1, -0.05) is 35.5 Å². The van der Waals surface area contributed by atoms with Gasteiger partial charge >= 0.3 is 0 Å². The maximum absolute atomic E-state index is 11.2. The molecular weight excluding hydrogens is 258 g/mol. The second-order valence-electron chi connectivity index (χ2n) is 3.45. The van der Waals surface area contributed by atoms with Crippen molar-refractivity contribution in [1.82, 2.24) is 5.32 Å². The van der Waals surface area contributed by atoms with E-state index in [2.05, 4.69) is 15.5 Å². The van der Waals surface area contributed by atoms with Gasteiger partial charge in [-0.2, -0.15) is 5.10 Å². The number of carbonyl (C=O) groups is 1. The third-order valence-electron chi connectivity index (χ3n) is 2.11. The van der Waals surface area contributed by atoms with Gasteiger partial charge < -0.3 is 5.32 Å². The average Bonchev–Trinajstić information content (AvgIpc) is 2.61. The van der Waals surface area contributed by atoms with E-state index in [0.717, 1.165) is 5.56 Å². The molecule has 0 bridgehead atoms. The lowest BCUT2D eigenvalue weighted by molar-refractivity contribution is -0.118. The van der Waals surface area contributed by atoms with Crippen LogP contribution in [-0.4, -0.2) is 22.5 Å². The Morgan fingerprint density at radius 1 is 1.41 bits per heavy atom. The van der Waals surface area contributed by atoms with Crippen molar-refractivity contribution in [3.8, 4) is 0 Å². The van der Waals surface area contributed by atoms with Crippen molar-refractivity contribution in [2.75, 3.05) is 0 Å². The Balaban J connectivity index is 2.00. The van der Waals surface area contributed by atoms with E-state index in [1.807, 2.05) is 19.1 Å². The largest absolute Gasteiger partial charge is 0.303 e. The van der Waals surface area contributed by atoms with Gasteiger partial charge in [0.25, 0.3) is 0 Å². The summed E-state index contributed by atoms with van der Waals surface area (Å²) in [6.45, 7) is 1.82. The first-order valence-electron chi connectivity index (χ1n) is 4.99. The number of amides is 1. The van der Waals surface area contributed by atoms with Crippen molar-refractivity contribution < 1.29 is 4.79 Å². The minimum absolute atomic E-state index is 0.0320. The molecule has 0 spiro atoms. The first kappa shape index (κ1) is 12.1. The van der Waals surface area contributed by atoms with Crippen LogP contribution in [0.3, 0.4) is 0 Å². The van der Waals surface area contributed by atoms with Crippen molar-refractivity contribution in [1.29, 1.82) is 0 Å². The highest BCUT2D eigenvalue weighted by Crippen LogP contribution is 2.18.